The summed E-state index contributed by atoms with van der Waals surface area (Å²) in [7, 11) is 0. The molecule has 6 nitrogen and oxygen atoms in total. The third-order valence-electron chi connectivity index (χ3n) is 5.93. The SMILES string of the molecule is CC(=O)N1C[C@H]2CN(C(=O)c3ccsc3)C[C@@]2(C(=O)N2CCCC2)C1. The highest BCUT2D eigenvalue weighted by molar-refractivity contribution is 7.08. The fraction of sp³-hybridized carbons (Fsp3) is 0.611. The van der Waals surface area contributed by atoms with E-state index < -0.39 is 5.41 Å². The van der Waals surface area contributed by atoms with E-state index in [0.29, 0.717) is 31.7 Å². The first-order valence-electron chi connectivity index (χ1n) is 8.87. The molecule has 3 amide bonds. The molecule has 0 aromatic carbocycles. The fourth-order valence-electron chi connectivity index (χ4n) is 4.57. The standard InChI is InChI=1S/C18H23N3O3S/c1-13(22)20-8-15-9-21(16(23)14-4-7-25-10-14)12-18(15,11-20)17(24)19-5-2-3-6-19/h4,7,10,15H,2-3,5-6,8-9,11-12H2,1H3/t15-,18-/m0/s1. The molecule has 4 rings (SSSR count). The van der Waals surface area contributed by atoms with Gasteiger partial charge >= 0.3 is 0 Å². The number of hydrogen-bond acceptors (Lipinski definition) is 4. The molecule has 0 bridgehead atoms. The maximum absolute atomic E-state index is 13.3. The first kappa shape index (κ1) is 16.6. The lowest BCUT2D eigenvalue weighted by atomic mass is 9.79. The van der Waals surface area contributed by atoms with Crippen LogP contribution < -0.4 is 0 Å². The molecule has 3 aliphatic rings. The smallest absolute Gasteiger partial charge is 0.254 e. The molecule has 134 valence electrons. The minimum atomic E-state index is -0.623. The molecule has 0 saturated carbocycles. The molecule has 4 heterocycles. The van der Waals surface area contributed by atoms with Gasteiger partial charge < -0.3 is 14.7 Å². The summed E-state index contributed by atoms with van der Waals surface area (Å²) in [5.41, 5.74) is 0.0685. The van der Waals surface area contributed by atoms with Gasteiger partial charge in [-0.05, 0) is 24.3 Å². The quantitative estimate of drug-likeness (QED) is 0.798. The predicted octanol–water partition coefficient (Wildman–Crippen LogP) is 1.29. The Kier molecular flexibility index (Phi) is 4.06. The highest BCUT2D eigenvalue weighted by Crippen LogP contribution is 2.45. The van der Waals surface area contributed by atoms with Gasteiger partial charge in [-0.15, -0.1) is 0 Å². The second-order valence-electron chi connectivity index (χ2n) is 7.45. The normalized spacial score (nSPS) is 28.5. The lowest BCUT2D eigenvalue weighted by molar-refractivity contribution is -0.141. The van der Waals surface area contributed by atoms with Crippen molar-refractivity contribution in [2.45, 2.75) is 19.8 Å². The highest BCUT2D eigenvalue weighted by atomic mass is 32.1. The van der Waals surface area contributed by atoms with E-state index in [0.717, 1.165) is 25.9 Å². The molecule has 3 saturated heterocycles. The van der Waals surface area contributed by atoms with Crippen LogP contribution in [0.25, 0.3) is 0 Å². The van der Waals surface area contributed by atoms with Gasteiger partial charge in [-0.1, -0.05) is 0 Å². The highest BCUT2D eigenvalue weighted by Gasteiger charge is 2.59. The van der Waals surface area contributed by atoms with Crippen molar-refractivity contribution in [3.8, 4) is 0 Å². The van der Waals surface area contributed by atoms with Crippen molar-refractivity contribution in [2.75, 3.05) is 39.3 Å². The number of hydrogen-bond donors (Lipinski definition) is 0. The van der Waals surface area contributed by atoms with Crippen molar-refractivity contribution in [3.05, 3.63) is 22.4 Å². The van der Waals surface area contributed by atoms with E-state index in [4.69, 9.17) is 0 Å². The van der Waals surface area contributed by atoms with Crippen LogP contribution >= 0.6 is 11.3 Å². The number of thiophene rings is 1. The van der Waals surface area contributed by atoms with Crippen molar-refractivity contribution in [3.63, 3.8) is 0 Å². The molecule has 0 aliphatic carbocycles. The van der Waals surface area contributed by atoms with E-state index in [-0.39, 0.29) is 23.6 Å². The van der Waals surface area contributed by atoms with Crippen LogP contribution in [-0.2, 0) is 9.59 Å². The van der Waals surface area contributed by atoms with Gasteiger partial charge in [-0.3, -0.25) is 14.4 Å². The molecule has 0 unspecified atom stereocenters. The van der Waals surface area contributed by atoms with Gasteiger partial charge in [0.1, 0.15) is 0 Å². The van der Waals surface area contributed by atoms with Gasteiger partial charge in [0, 0.05) is 57.5 Å². The van der Waals surface area contributed by atoms with E-state index in [9.17, 15) is 14.4 Å². The Labute approximate surface area is 151 Å². The zero-order chi connectivity index (χ0) is 17.6. The summed E-state index contributed by atoms with van der Waals surface area (Å²) in [5.74, 6) is 0.184. The van der Waals surface area contributed by atoms with E-state index in [1.807, 2.05) is 26.6 Å². The Morgan fingerprint density at radius 2 is 1.76 bits per heavy atom. The lowest BCUT2D eigenvalue weighted by Gasteiger charge is -2.32. The lowest BCUT2D eigenvalue weighted by Crippen LogP contribution is -2.49. The maximum atomic E-state index is 13.3. The second kappa shape index (κ2) is 6.12. The summed E-state index contributed by atoms with van der Waals surface area (Å²) in [6.45, 7) is 5.14. The summed E-state index contributed by atoms with van der Waals surface area (Å²) < 4.78 is 0. The van der Waals surface area contributed by atoms with Crippen LogP contribution in [0, 0.1) is 11.3 Å². The Hall–Kier alpha value is -1.89. The molecule has 3 fully saturated rings. The van der Waals surface area contributed by atoms with Crippen LogP contribution in [0.5, 0.6) is 0 Å². The van der Waals surface area contributed by atoms with Gasteiger partial charge in [0.05, 0.1) is 11.0 Å². The second-order valence-corrected chi connectivity index (χ2v) is 8.23. The van der Waals surface area contributed by atoms with Crippen molar-refractivity contribution in [2.24, 2.45) is 11.3 Å². The number of carbonyl (C=O) groups excluding carboxylic acids is 3. The summed E-state index contributed by atoms with van der Waals surface area (Å²) >= 11 is 1.50. The first-order valence-corrected chi connectivity index (χ1v) is 9.82. The average molecular weight is 361 g/mol. The predicted molar refractivity (Wildman–Crippen MR) is 94.2 cm³/mol. The zero-order valence-electron chi connectivity index (χ0n) is 14.4. The van der Waals surface area contributed by atoms with Crippen LogP contribution in [0.4, 0.5) is 0 Å². The van der Waals surface area contributed by atoms with E-state index in [1.54, 1.807) is 11.8 Å². The minimum Gasteiger partial charge on any atom is -0.342 e. The monoisotopic (exact) mass is 361 g/mol. The molecule has 25 heavy (non-hydrogen) atoms. The molecule has 0 N–H and O–H groups in total. The number of carbonyl (C=O) groups is 3. The van der Waals surface area contributed by atoms with Gasteiger partial charge in [0.15, 0.2) is 0 Å². The molecular weight excluding hydrogens is 338 g/mol. The molecular formula is C18H23N3O3S. The van der Waals surface area contributed by atoms with Crippen molar-refractivity contribution in [1.29, 1.82) is 0 Å². The zero-order valence-corrected chi connectivity index (χ0v) is 15.3. The van der Waals surface area contributed by atoms with E-state index in [1.165, 1.54) is 11.3 Å². The van der Waals surface area contributed by atoms with E-state index in [2.05, 4.69) is 0 Å². The molecule has 3 aliphatic heterocycles. The van der Waals surface area contributed by atoms with Gasteiger partial charge in [-0.2, -0.15) is 11.3 Å². The van der Waals surface area contributed by atoms with Crippen molar-refractivity contribution < 1.29 is 14.4 Å². The summed E-state index contributed by atoms with van der Waals surface area (Å²) in [4.78, 5) is 43.5. The molecule has 0 radical (unpaired) electrons. The Balaban J connectivity index is 1.61. The van der Waals surface area contributed by atoms with Crippen LogP contribution in [0.1, 0.15) is 30.1 Å². The van der Waals surface area contributed by atoms with Crippen LogP contribution in [0.3, 0.4) is 0 Å². The Bertz CT molecular complexity index is 698. The van der Waals surface area contributed by atoms with Crippen molar-refractivity contribution in [1.82, 2.24) is 14.7 Å². The summed E-state index contributed by atoms with van der Waals surface area (Å²) in [6.07, 6.45) is 2.08. The van der Waals surface area contributed by atoms with Crippen LogP contribution in [-0.4, -0.2) is 71.7 Å². The minimum absolute atomic E-state index is 0.00128. The van der Waals surface area contributed by atoms with Crippen LogP contribution in [0.2, 0.25) is 0 Å². The average Bonchev–Trinajstić information content (AvgIpc) is 3.36. The number of fused-ring (bicyclic) bond motifs is 1. The third-order valence-corrected chi connectivity index (χ3v) is 6.61. The Morgan fingerprint density at radius 1 is 1.08 bits per heavy atom. The van der Waals surface area contributed by atoms with Gasteiger partial charge in [0.2, 0.25) is 11.8 Å². The number of nitrogens with zero attached hydrogens (tertiary/aromatic N) is 3. The maximum Gasteiger partial charge on any atom is 0.254 e. The number of amides is 3. The molecule has 1 aromatic heterocycles. The van der Waals surface area contributed by atoms with Crippen LogP contribution in [0.15, 0.2) is 16.8 Å². The van der Waals surface area contributed by atoms with Gasteiger partial charge in [-0.25, -0.2) is 0 Å². The Morgan fingerprint density at radius 3 is 2.40 bits per heavy atom. The van der Waals surface area contributed by atoms with Crippen molar-refractivity contribution >= 4 is 29.1 Å². The number of rotatable bonds is 2. The number of likely N-dealkylation sites (tertiary alicyclic amines) is 3. The van der Waals surface area contributed by atoms with Gasteiger partial charge in [0.25, 0.3) is 5.91 Å². The van der Waals surface area contributed by atoms with E-state index >= 15 is 0 Å². The molecule has 7 heteroatoms. The molecule has 1 aromatic rings. The summed E-state index contributed by atoms with van der Waals surface area (Å²) in [5, 5.41) is 3.75. The third kappa shape index (κ3) is 2.65. The first-order chi connectivity index (χ1) is 12.0. The largest absolute Gasteiger partial charge is 0.342 e. The molecule has 0 spiro atoms. The topological polar surface area (TPSA) is 60.9 Å². The summed E-state index contributed by atoms with van der Waals surface area (Å²) in [6, 6.07) is 1.83. The fourth-order valence-corrected chi connectivity index (χ4v) is 5.20. The molecule has 2 atom stereocenters.